The molecule has 3 nitrogen and oxygen atoms in total. The summed E-state index contributed by atoms with van der Waals surface area (Å²) in [4.78, 5) is 8.52. The molecule has 0 heterocycles. The van der Waals surface area contributed by atoms with E-state index in [-0.39, 0.29) is 12.5 Å². The number of nitrogens with two attached hydrogens (primary N) is 1. The zero-order chi connectivity index (χ0) is 6.57. The van der Waals surface area contributed by atoms with Gasteiger partial charge in [-0.1, -0.05) is 0 Å². The molecule has 50 valence electrons. The van der Waals surface area contributed by atoms with Gasteiger partial charge in [-0.3, -0.25) is 5.50 Å². The molecule has 1 atom stereocenters. The van der Waals surface area contributed by atoms with Crippen LogP contribution in [0.5, 0.6) is 0 Å². The minimum atomic E-state index is -1.36. The first-order valence-corrected chi connectivity index (χ1v) is 4.00. The highest BCUT2D eigenvalue weighted by Crippen LogP contribution is 2.17. The van der Waals surface area contributed by atoms with Crippen LogP contribution in [0.4, 0.5) is 0 Å². The fraction of sp³-hybridized carbons (Fsp3) is 1.00. The second-order valence-electron chi connectivity index (χ2n) is 1.78. The van der Waals surface area contributed by atoms with Crippen LogP contribution in [0.3, 0.4) is 0 Å². The summed E-state index contributed by atoms with van der Waals surface area (Å²) < 4.78 is 4.96. The zero-order valence-electron chi connectivity index (χ0n) is 5.16. The first kappa shape index (κ1) is 8.31. The lowest BCUT2D eigenvalue weighted by molar-refractivity contribution is 0.114. The maximum atomic E-state index is 8.52. The van der Waals surface area contributed by atoms with Crippen molar-refractivity contribution >= 4 is 8.30 Å². The average molecular weight is 137 g/mol. The lowest BCUT2D eigenvalue weighted by Gasteiger charge is -2.07. The van der Waals surface area contributed by atoms with E-state index >= 15 is 0 Å². The molecule has 0 radical (unpaired) electrons. The van der Waals surface area contributed by atoms with E-state index in [1.165, 1.54) is 0 Å². The van der Waals surface area contributed by atoms with Crippen molar-refractivity contribution in [3.05, 3.63) is 0 Å². The van der Waals surface area contributed by atoms with Crippen LogP contribution in [0.15, 0.2) is 0 Å². The highest BCUT2D eigenvalue weighted by Gasteiger charge is 1.96. The number of rotatable bonds is 3. The molecule has 0 bridgehead atoms. The van der Waals surface area contributed by atoms with Crippen LogP contribution >= 0.6 is 8.30 Å². The number of hydrogen-bond donors (Lipinski definition) is 2. The Hall–Kier alpha value is 0.310. The summed E-state index contributed by atoms with van der Waals surface area (Å²) in [6.07, 6.45) is 0.447. The molecule has 4 heteroatoms. The van der Waals surface area contributed by atoms with Crippen molar-refractivity contribution in [2.24, 2.45) is 5.50 Å². The quantitative estimate of drug-likeness (QED) is 0.561. The van der Waals surface area contributed by atoms with E-state index < -0.39 is 8.30 Å². The first-order valence-electron chi connectivity index (χ1n) is 2.45. The fourth-order valence-electron chi connectivity index (χ4n) is 0.225. The molecule has 8 heavy (non-hydrogen) atoms. The Bertz CT molecular complexity index is 50.0. The van der Waals surface area contributed by atoms with Gasteiger partial charge < -0.3 is 9.63 Å². The van der Waals surface area contributed by atoms with Gasteiger partial charge in [-0.25, -0.2) is 0 Å². The molecule has 0 aromatic carbocycles. The summed E-state index contributed by atoms with van der Waals surface area (Å²) in [5.74, 6) is 0. The minimum absolute atomic E-state index is 0.163. The van der Waals surface area contributed by atoms with Crippen molar-refractivity contribution in [2.45, 2.75) is 20.0 Å². The molecule has 0 aliphatic carbocycles. The molecule has 0 aromatic heterocycles. The third-order valence-electron chi connectivity index (χ3n) is 0.540. The summed E-state index contributed by atoms with van der Waals surface area (Å²) in [5, 5.41) is 0. The van der Waals surface area contributed by atoms with Crippen molar-refractivity contribution in [3.8, 4) is 0 Å². The van der Waals surface area contributed by atoms with Crippen LogP contribution in [0.1, 0.15) is 13.8 Å². The molecule has 0 fully saturated rings. The van der Waals surface area contributed by atoms with Gasteiger partial charge in [-0.05, 0) is 13.8 Å². The molecular weight excluding hydrogens is 125 g/mol. The highest BCUT2D eigenvalue weighted by molar-refractivity contribution is 7.48. The number of hydrogen-bond acceptors (Lipinski definition) is 3. The Morgan fingerprint density at radius 2 is 2.25 bits per heavy atom. The van der Waals surface area contributed by atoms with Gasteiger partial charge in [0.1, 0.15) is 14.6 Å². The Kier molecular flexibility index (Phi) is 4.38. The molecule has 0 amide bonds. The van der Waals surface area contributed by atoms with Crippen LogP contribution in [0, 0.1) is 0 Å². The van der Waals surface area contributed by atoms with Gasteiger partial charge in [-0.15, -0.1) is 0 Å². The Morgan fingerprint density at radius 3 is 2.38 bits per heavy atom. The van der Waals surface area contributed by atoms with E-state index in [0.717, 1.165) is 0 Å². The van der Waals surface area contributed by atoms with E-state index in [9.17, 15) is 0 Å². The molecule has 3 N–H and O–H groups in total. The largest absolute Gasteiger partial charge is 0.371 e. The van der Waals surface area contributed by atoms with Gasteiger partial charge >= 0.3 is 0 Å². The smallest absolute Gasteiger partial charge is 0.122 e. The molecule has 0 spiro atoms. The van der Waals surface area contributed by atoms with Gasteiger partial charge in [0, 0.05) is 0 Å². The number of ether oxygens (including phenoxy) is 1. The monoisotopic (exact) mass is 137 g/mol. The molecule has 0 saturated heterocycles. The van der Waals surface area contributed by atoms with Crippen LogP contribution < -0.4 is 5.50 Å². The predicted molar refractivity (Wildman–Crippen MR) is 34.4 cm³/mol. The van der Waals surface area contributed by atoms with Crippen LogP contribution in [0.2, 0.25) is 0 Å². The summed E-state index contributed by atoms with van der Waals surface area (Å²) in [7, 11) is -1.36. The van der Waals surface area contributed by atoms with Crippen molar-refractivity contribution in [1.29, 1.82) is 0 Å². The Balaban J connectivity index is 2.93. The van der Waals surface area contributed by atoms with Crippen LogP contribution in [-0.4, -0.2) is 17.3 Å². The van der Waals surface area contributed by atoms with Gasteiger partial charge in [0.2, 0.25) is 0 Å². The summed E-state index contributed by atoms with van der Waals surface area (Å²) in [6, 6.07) is 0. The van der Waals surface area contributed by atoms with Crippen molar-refractivity contribution < 1.29 is 9.63 Å². The average Bonchev–Trinajstić information content (AvgIpc) is 1.61. The zero-order valence-corrected chi connectivity index (χ0v) is 6.06. The Labute approximate surface area is 50.7 Å². The van der Waals surface area contributed by atoms with E-state index in [1.54, 1.807) is 0 Å². The Morgan fingerprint density at radius 1 is 1.75 bits per heavy atom. The molecular formula is C4H12NO2P. The topological polar surface area (TPSA) is 55.5 Å². The minimum Gasteiger partial charge on any atom is -0.371 e. The molecule has 0 rings (SSSR count). The van der Waals surface area contributed by atoms with Crippen molar-refractivity contribution in [2.75, 3.05) is 6.35 Å². The highest BCUT2D eigenvalue weighted by atomic mass is 31.2. The lowest BCUT2D eigenvalue weighted by atomic mass is 10.5. The van der Waals surface area contributed by atoms with Crippen molar-refractivity contribution in [1.82, 2.24) is 0 Å². The lowest BCUT2D eigenvalue weighted by Crippen LogP contribution is -2.05. The second kappa shape index (κ2) is 4.21. The van der Waals surface area contributed by atoms with Gasteiger partial charge in [0.05, 0.1) is 6.10 Å². The van der Waals surface area contributed by atoms with Crippen molar-refractivity contribution in [3.63, 3.8) is 0 Å². The van der Waals surface area contributed by atoms with E-state index in [1.807, 2.05) is 13.8 Å². The summed E-state index contributed by atoms with van der Waals surface area (Å²) in [6.45, 7) is 3.80. The normalized spacial score (nSPS) is 14.6. The summed E-state index contributed by atoms with van der Waals surface area (Å²) >= 11 is 0. The second-order valence-corrected chi connectivity index (χ2v) is 2.92. The third kappa shape index (κ3) is 6.31. The summed E-state index contributed by atoms with van der Waals surface area (Å²) in [5.41, 5.74) is 5.04. The maximum absolute atomic E-state index is 8.52. The SMILES string of the molecule is CC(C)OCP(N)O. The first-order chi connectivity index (χ1) is 3.63. The van der Waals surface area contributed by atoms with E-state index in [0.29, 0.717) is 0 Å². The maximum Gasteiger partial charge on any atom is 0.122 e. The standard InChI is InChI=1S/C4H12NO2P/c1-4(2)7-3-8(5)6/h4,6H,3,5H2,1-2H3. The molecule has 0 aliphatic heterocycles. The van der Waals surface area contributed by atoms with Crippen LogP contribution in [0.25, 0.3) is 0 Å². The van der Waals surface area contributed by atoms with E-state index in [4.69, 9.17) is 15.1 Å². The molecule has 0 aliphatic rings. The predicted octanol–water partition coefficient (Wildman–Crippen LogP) is 0.632. The van der Waals surface area contributed by atoms with Gasteiger partial charge in [0.15, 0.2) is 0 Å². The fourth-order valence-corrected chi connectivity index (χ4v) is 0.676. The van der Waals surface area contributed by atoms with Crippen LogP contribution in [-0.2, 0) is 4.74 Å². The van der Waals surface area contributed by atoms with Gasteiger partial charge in [0.25, 0.3) is 0 Å². The van der Waals surface area contributed by atoms with Gasteiger partial charge in [-0.2, -0.15) is 0 Å². The molecule has 0 aromatic rings. The molecule has 0 saturated carbocycles. The molecule has 1 unspecified atom stereocenters. The van der Waals surface area contributed by atoms with E-state index in [2.05, 4.69) is 0 Å². The third-order valence-corrected chi connectivity index (χ3v) is 0.954.